The highest BCUT2D eigenvalue weighted by Crippen LogP contribution is 2.16. The predicted octanol–water partition coefficient (Wildman–Crippen LogP) is 0.407. The Bertz CT molecular complexity index is 371. The highest BCUT2D eigenvalue weighted by molar-refractivity contribution is 5.97. The number of aromatic nitrogens is 1. The largest absolute Gasteiger partial charge is 0.472 e. The summed E-state index contributed by atoms with van der Waals surface area (Å²) >= 11 is 0. The van der Waals surface area contributed by atoms with Gasteiger partial charge in [0.05, 0.1) is 17.4 Å². The molecular weight excluding hydrogens is 208 g/mol. The molecule has 0 aliphatic carbocycles. The van der Waals surface area contributed by atoms with Crippen LogP contribution in [-0.2, 0) is 0 Å². The fraction of sp³-hybridized carbons (Fsp3) is 0.250. The molecule has 15 heavy (non-hydrogen) atoms. The summed E-state index contributed by atoms with van der Waals surface area (Å²) in [6.07, 6.45) is -1.48. The summed E-state index contributed by atoms with van der Waals surface area (Å²) in [5.41, 5.74) is 10.4. The topological polar surface area (TPSA) is 91.2 Å². The molecule has 1 heterocycles. The van der Waals surface area contributed by atoms with Crippen molar-refractivity contribution in [1.82, 2.24) is 4.98 Å². The molecule has 0 saturated carbocycles. The van der Waals surface area contributed by atoms with Gasteiger partial charge in [0.2, 0.25) is 5.88 Å². The zero-order valence-corrected chi connectivity index (χ0v) is 7.61. The standard InChI is InChI=1S/C8H9F2N3O2/c9-6(10)3-15-7-1-4(8(12)14)5(11)2-13-7/h1-2,6H,3,11H2,(H2,12,14). The molecule has 1 aromatic heterocycles. The zero-order valence-electron chi connectivity index (χ0n) is 7.61. The second kappa shape index (κ2) is 4.54. The minimum atomic E-state index is -2.61. The monoisotopic (exact) mass is 217 g/mol. The number of hydrogen-bond acceptors (Lipinski definition) is 4. The number of alkyl halides is 2. The van der Waals surface area contributed by atoms with Crippen LogP contribution in [0.4, 0.5) is 14.5 Å². The smallest absolute Gasteiger partial charge is 0.272 e. The van der Waals surface area contributed by atoms with Gasteiger partial charge >= 0.3 is 0 Å². The van der Waals surface area contributed by atoms with Gasteiger partial charge in [-0.15, -0.1) is 0 Å². The molecule has 0 bridgehead atoms. The highest BCUT2D eigenvalue weighted by atomic mass is 19.3. The number of pyridine rings is 1. The van der Waals surface area contributed by atoms with E-state index in [-0.39, 0.29) is 17.1 Å². The van der Waals surface area contributed by atoms with E-state index < -0.39 is 18.9 Å². The van der Waals surface area contributed by atoms with Crippen LogP contribution in [0.15, 0.2) is 12.3 Å². The summed E-state index contributed by atoms with van der Waals surface area (Å²) < 4.78 is 28.2. The van der Waals surface area contributed by atoms with Crippen molar-refractivity contribution < 1.29 is 18.3 Å². The lowest BCUT2D eigenvalue weighted by atomic mass is 10.2. The Kier molecular flexibility index (Phi) is 3.37. The molecule has 4 N–H and O–H groups in total. The van der Waals surface area contributed by atoms with Crippen LogP contribution in [-0.4, -0.2) is 23.9 Å². The molecule has 0 unspecified atom stereocenters. The van der Waals surface area contributed by atoms with Crippen LogP contribution in [0.25, 0.3) is 0 Å². The molecular formula is C8H9F2N3O2. The maximum atomic E-state index is 11.8. The first-order chi connectivity index (χ1) is 7.00. The third-order valence-electron chi connectivity index (χ3n) is 1.53. The van der Waals surface area contributed by atoms with Gasteiger partial charge in [-0.2, -0.15) is 0 Å². The van der Waals surface area contributed by atoms with Crippen molar-refractivity contribution in [2.75, 3.05) is 12.3 Å². The molecule has 0 aliphatic heterocycles. The summed E-state index contributed by atoms with van der Waals surface area (Å²) in [7, 11) is 0. The molecule has 0 aliphatic rings. The molecule has 5 nitrogen and oxygen atoms in total. The normalized spacial score (nSPS) is 10.3. The predicted molar refractivity (Wildman–Crippen MR) is 48.7 cm³/mol. The Hall–Kier alpha value is -1.92. The van der Waals surface area contributed by atoms with Crippen molar-refractivity contribution in [2.45, 2.75) is 6.43 Å². The average molecular weight is 217 g/mol. The second-order valence-corrected chi connectivity index (χ2v) is 2.68. The van der Waals surface area contributed by atoms with E-state index in [1.54, 1.807) is 0 Å². The third kappa shape index (κ3) is 3.04. The van der Waals surface area contributed by atoms with E-state index in [0.717, 1.165) is 12.3 Å². The van der Waals surface area contributed by atoms with E-state index in [9.17, 15) is 13.6 Å². The molecule has 1 rings (SSSR count). The molecule has 1 amide bonds. The van der Waals surface area contributed by atoms with Crippen LogP contribution in [0.3, 0.4) is 0 Å². The minimum absolute atomic E-state index is 0.00531. The number of carbonyl (C=O) groups is 1. The number of amides is 1. The number of nitrogens with zero attached hydrogens (tertiary/aromatic N) is 1. The first-order valence-electron chi connectivity index (χ1n) is 3.97. The van der Waals surface area contributed by atoms with Crippen LogP contribution in [0, 0.1) is 0 Å². The Morgan fingerprint density at radius 3 is 2.80 bits per heavy atom. The van der Waals surface area contributed by atoms with Crippen molar-refractivity contribution >= 4 is 11.6 Å². The first-order valence-corrected chi connectivity index (χ1v) is 3.97. The Labute approximate surface area is 84.0 Å². The Balaban J connectivity index is 2.83. The van der Waals surface area contributed by atoms with E-state index >= 15 is 0 Å². The lowest BCUT2D eigenvalue weighted by Gasteiger charge is -2.06. The van der Waals surface area contributed by atoms with E-state index in [1.807, 2.05) is 0 Å². The summed E-state index contributed by atoms with van der Waals surface area (Å²) in [6.45, 7) is -0.797. The second-order valence-electron chi connectivity index (χ2n) is 2.68. The van der Waals surface area contributed by atoms with E-state index in [4.69, 9.17) is 11.5 Å². The molecule has 0 fully saturated rings. The number of rotatable bonds is 4. The molecule has 0 aromatic carbocycles. The van der Waals surface area contributed by atoms with Gasteiger partial charge in [-0.1, -0.05) is 0 Å². The number of primary amides is 1. The molecule has 0 spiro atoms. The third-order valence-corrected chi connectivity index (χ3v) is 1.53. The summed E-state index contributed by atoms with van der Waals surface area (Å²) in [6, 6.07) is 1.13. The number of ether oxygens (including phenoxy) is 1. The molecule has 0 saturated heterocycles. The Morgan fingerprint density at radius 2 is 2.27 bits per heavy atom. The SMILES string of the molecule is NC(=O)c1cc(OCC(F)F)ncc1N. The quantitative estimate of drug-likeness (QED) is 0.763. The lowest BCUT2D eigenvalue weighted by Crippen LogP contribution is -2.15. The summed E-state index contributed by atoms with van der Waals surface area (Å²) in [5, 5.41) is 0. The van der Waals surface area contributed by atoms with Crippen molar-refractivity contribution in [1.29, 1.82) is 0 Å². The lowest BCUT2D eigenvalue weighted by molar-refractivity contribution is 0.0795. The summed E-state index contributed by atoms with van der Waals surface area (Å²) in [5.74, 6) is -0.880. The highest BCUT2D eigenvalue weighted by Gasteiger charge is 2.10. The first kappa shape index (κ1) is 11.2. The number of nitrogen functional groups attached to an aromatic ring is 1. The fourth-order valence-electron chi connectivity index (χ4n) is 0.887. The van der Waals surface area contributed by atoms with Gasteiger partial charge < -0.3 is 16.2 Å². The van der Waals surface area contributed by atoms with Crippen LogP contribution >= 0.6 is 0 Å². The van der Waals surface area contributed by atoms with Gasteiger partial charge in [-0.05, 0) is 0 Å². The van der Waals surface area contributed by atoms with Crippen molar-refractivity contribution in [3.8, 4) is 5.88 Å². The van der Waals surface area contributed by atoms with Crippen LogP contribution < -0.4 is 16.2 Å². The number of anilines is 1. The van der Waals surface area contributed by atoms with Gasteiger partial charge in [0, 0.05) is 6.07 Å². The molecule has 82 valence electrons. The fourth-order valence-corrected chi connectivity index (χ4v) is 0.887. The Morgan fingerprint density at radius 1 is 1.60 bits per heavy atom. The molecule has 0 radical (unpaired) electrons. The van der Waals surface area contributed by atoms with E-state index in [2.05, 4.69) is 9.72 Å². The maximum absolute atomic E-state index is 11.8. The van der Waals surface area contributed by atoms with Gasteiger partial charge in [0.25, 0.3) is 12.3 Å². The van der Waals surface area contributed by atoms with Gasteiger partial charge in [-0.3, -0.25) is 4.79 Å². The zero-order chi connectivity index (χ0) is 11.4. The van der Waals surface area contributed by atoms with Crippen molar-refractivity contribution in [3.63, 3.8) is 0 Å². The van der Waals surface area contributed by atoms with Crippen molar-refractivity contribution in [3.05, 3.63) is 17.8 Å². The van der Waals surface area contributed by atoms with E-state index in [0.29, 0.717) is 0 Å². The van der Waals surface area contributed by atoms with Gasteiger partial charge in [0.1, 0.15) is 0 Å². The molecule has 0 atom stereocenters. The molecule has 1 aromatic rings. The van der Waals surface area contributed by atoms with E-state index in [1.165, 1.54) is 0 Å². The van der Waals surface area contributed by atoms with Crippen LogP contribution in [0.1, 0.15) is 10.4 Å². The average Bonchev–Trinajstić information content (AvgIpc) is 2.16. The summed E-state index contributed by atoms with van der Waals surface area (Å²) in [4.78, 5) is 14.4. The molecule has 7 heteroatoms. The number of halogens is 2. The number of hydrogen-bond donors (Lipinski definition) is 2. The van der Waals surface area contributed by atoms with Crippen molar-refractivity contribution in [2.24, 2.45) is 5.73 Å². The maximum Gasteiger partial charge on any atom is 0.272 e. The van der Waals surface area contributed by atoms with Gasteiger partial charge in [0.15, 0.2) is 6.61 Å². The number of carbonyl (C=O) groups excluding carboxylic acids is 1. The van der Waals surface area contributed by atoms with Gasteiger partial charge in [-0.25, -0.2) is 13.8 Å². The van der Waals surface area contributed by atoms with Crippen LogP contribution in [0.2, 0.25) is 0 Å². The van der Waals surface area contributed by atoms with Crippen LogP contribution in [0.5, 0.6) is 5.88 Å². The minimum Gasteiger partial charge on any atom is -0.472 e. The number of nitrogens with two attached hydrogens (primary N) is 2.